The molecule has 9 nitrogen and oxygen atoms in total. The number of nitrogens with zero attached hydrogens (tertiary/aromatic N) is 3. The first kappa shape index (κ1) is 49.8. The highest BCUT2D eigenvalue weighted by Crippen LogP contribution is 2.35. The summed E-state index contributed by atoms with van der Waals surface area (Å²) in [7, 11) is 0. The lowest BCUT2D eigenvalue weighted by Crippen LogP contribution is -1.94. The van der Waals surface area contributed by atoms with Gasteiger partial charge in [0.15, 0.2) is 17.3 Å². The molecule has 12 heteroatoms. The predicted octanol–water partition coefficient (Wildman–Crippen LogP) is 15.9. The van der Waals surface area contributed by atoms with E-state index in [9.17, 15) is 14.4 Å². The van der Waals surface area contributed by atoms with Gasteiger partial charge in [0.1, 0.15) is 16.9 Å². The molecule has 0 saturated carbocycles. The van der Waals surface area contributed by atoms with Gasteiger partial charge in [-0.2, -0.15) is 0 Å². The van der Waals surface area contributed by atoms with Crippen LogP contribution in [0.2, 0.25) is 0 Å². The van der Waals surface area contributed by atoms with Crippen molar-refractivity contribution in [1.82, 2.24) is 29.9 Å². The number of carbonyl (C=O) groups excluding carboxylic acids is 3. The van der Waals surface area contributed by atoms with Gasteiger partial charge in [-0.1, -0.05) is 62.3 Å². The second-order valence-corrected chi connectivity index (χ2v) is 16.3. The molecule has 3 N–H and O–H groups in total. The fraction of sp³-hybridized carbons (Fsp3) is 0.294. The SMILES string of the molecule is CC.CC.CC.CCCC(=O)c1cc(-c2c[nH]c3ncccc23)cs1.CCCC(=O)c1ccc(-c2c[nH]c3ncccc23)s1.CCCC(=O)c1csc(-c2c[nH]c3ncccc23)c1. The summed E-state index contributed by atoms with van der Waals surface area (Å²) in [4.78, 5) is 61.9. The number of fused-ring (bicyclic) bond motifs is 3. The number of pyridine rings is 3. The van der Waals surface area contributed by atoms with Gasteiger partial charge >= 0.3 is 0 Å². The van der Waals surface area contributed by atoms with Crippen LogP contribution in [0.15, 0.2) is 109 Å². The molecule has 63 heavy (non-hydrogen) atoms. The van der Waals surface area contributed by atoms with Crippen LogP contribution in [0.1, 0.15) is 131 Å². The van der Waals surface area contributed by atoms with Crippen LogP contribution in [-0.4, -0.2) is 47.3 Å². The Morgan fingerprint density at radius 3 is 1.49 bits per heavy atom. The van der Waals surface area contributed by atoms with Crippen molar-refractivity contribution in [3.05, 3.63) is 124 Å². The highest BCUT2D eigenvalue weighted by molar-refractivity contribution is 7.17. The molecule has 9 aromatic heterocycles. The van der Waals surface area contributed by atoms with Gasteiger partial charge in [-0.25, -0.2) is 15.0 Å². The van der Waals surface area contributed by atoms with Crippen LogP contribution in [0.5, 0.6) is 0 Å². The van der Waals surface area contributed by atoms with Crippen LogP contribution >= 0.6 is 34.0 Å². The molecule has 0 atom stereocenters. The maximum atomic E-state index is 11.9. The lowest BCUT2D eigenvalue weighted by Gasteiger charge is -1.94. The number of Topliss-reactive ketones (excluding diaryl/α,β-unsaturated/α-hetero) is 3. The van der Waals surface area contributed by atoms with E-state index in [2.05, 4.69) is 29.9 Å². The lowest BCUT2D eigenvalue weighted by atomic mass is 10.1. The number of carbonyl (C=O) groups is 3. The molecule has 0 aliphatic carbocycles. The first-order valence-electron chi connectivity index (χ1n) is 22.0. The van der Waals surface area contributed by atoms with E-state index in [1.54, 1.807) is 41.3 Å². The maximum Gasteiger partial charge on any atom is 0.172 e. The summed E-state index contributed by atoms with van der Waals surface area (Å²) in [5.74, 6) is 0.691. The minimum absolute atomic E-state index is 0.225. The summed E-state index contributed by atoms with van der Waals surface area (Å²) < 4.78 is 0. The minimum atomic E-state index is 0.225. The number of rotatable bonds is 12. The Balaban J connectivity index is 0.000000195. The van der Waals surface area contributed by atoms with Crippen molar-refractivity contribution < 1.29 is 14.4 Å². The summed E-state index contributed by atoms with van der Waals surface area (Å²) in [6.07, 6.45) is 15.7. The molecule has 0 aliphatic rings. The zero-order valence-electron chi connectivity index (χ0n) is 37.9. The Labute approximate surface area is 383 Å². The highest BCUT2D eigenvalue weighted by atomic mass is 32.1. The fourth-order valence-electron chi connectivity index (χ4n) is 6.47. The molecule has 330 valence electrons. The van der Waals surface area contributed by atoms with E-state index >= 15 is 0 Å². The van der Waals surface area contributed by atoms with Gasteiger partial charge in [0.2, 0.25) is 0 Å². The van der Waals surface area contributed by atoms with Crippen LogP contribution < -0.4 is 0 Å². The number of H-pyrrole nitrogens is 3. The number of thiophene rings is 3. The molecular formula is C51H60N6O3S3. The van der Waals surface area contributed by atoms with Crippen molar-refractivity contribution in [3.8, 4) is 32.0 Å². The molecule has 0 bridgehead atoms. The molecule has 0 aromatic carbocycles. The first-order valence-corrected chi connectivity index (χ1v) is 24.6. The van der Waals surface area contributed by atoms with Crippen LogP contribution in [-0.2, 0) is 0 Å². The molecule has 9 heterocycles. The van der Waals surface area contributed by atoms with Crippen molar-refractivity contribution in [2.75, 3.05) is 0 Å². The van der Waals surface area contributed by atoms with E-state index in [1.165, 1.54) is 11.3 Å². The van der Waals surface area contributed by atoms with Crippen LogP contribution in [0, 0.1) is 0 Å². The average molecular weight is 901 g/mol. The van der Waals surface area contributed by atoms with Gasteiger partial charge in [-0.05, 0) is 90.9 Å². The third-order valence-corrected chi connectivity index (χ3v) is 12.4. The van der Waals surface area contributed by atoms with Gasteiger partial charge in [0.05, 0.1) is 9.75 Å². The van der Waals surface area contributed by atoms with Crippen molar-refractivity contribution in [2.45, 2.75) is 101 Å². The average Bonchev–Trinajstić information content (AvgIpc) is 4.20. The molecule has 9 aromatic rings. The molecule has 0 unspecified atom stereocenters. The third kappa shape index (κ3) is 12.6. The van der Waals surface area contributed by atoms with Crippen LogP contribution in [0.25, 0.3) is 65.1 Å². The van der Waals surface area contributed by atoms with E-state index in [-0.39, 0.29) is 17.3 Å². The van der Waals surface area contributed by atoms with Gasteiger partial charge < -0.3 is 15.0 Å². The quantitative estimate of drug-likeness (QED) is 0.104. The second kappa shape index (κ2) is 26.0. The molecule has 0 aliphatic heterocycles. The highest BCUT2D eigenvalue weighted by Gasteiger charge is 2.15. The predicted molar refractivity (Wildman–Crippen MR) is 270 cm³/mol. The molecule has 0 saturated heterocycles. The normalized spacial score (nSPS) is 10.2. The van der Waals surface area contributed by atoms with Gasteiger partial charge in [-0.3, -0.25) is 14.4 Å². The van der Waals surface area contributed by atoms with Crippen molar-refractivity contribution in [2.24, 2.45) is 0 Å². The fourth-order valence-corrected chi connectivity index (χ4v) is 9.29. The molecule has 9 rings (SSSR count). The second-order valence-electron chi connectivity index (χ2n) is 13.4. The van der Waals surface area contributed by atoms with E-state index in [4.69, 9.17) is 0 Å². The van der Waals surface area contributed by atoms with E-state index in [0.29, 0.717) is 19.3 Å². The standard InChI is InChI=1S/3C15H14N2OS.3C2H6/c1-2-4-12(18)14-7-6-13(19-14)11-9-17-15-10(11)5-3-8-16-15;1-2-4-13(18)10-7-14(19-9-10)12-8-17-15-11(12)5-3-6-16-15;1-2-4-13(18)14-7-10(9-19-14)12-8-17-15-11(12)5-3-6-16-15;3*1-2/h3*3,5-9H,2,4H2,1H3,(H,16,17);3*1-2H3. The number of aromatic nitrogens is 6. The monoisotopic (exact) mass is 900 g/mol. The van der Waals surface area contributed by atoms with Crippen LogP contribution in [0.3, 0.4) is 0 Å². The molecule has 0 radical (unpaired) electrons. The number of hydrogen-bond acceptors (Lipinski definition) is 9. The summed E-state index contributed by atoms with van der Waals surface area (Å²) in [6, 6.07) is 19.8. The van der Waals surface area contributed by atoms with E-state index < -0.39 is 0 Å². The van der Waals surface area contributed by atoms with E-state index in [1.807, 2.05) is 152 Å². The Hall–Kier alpha value is -5.82. The molecule has 0 fully saturated rings. The minimum Gasteiger partial charge on any atom is -0.346 e. The number of nitrogens with one attached hydrogen (secondary N) is 3. The Morgan fingerprint density at radius 2 is 0.968 bits per heavy atom. The summed E-state index contributed by atoms with van der Waals surface area (Å²) in [5, 5.41) is 7.27. The maximum absolute atomic E-state index is 11.9. The molecular weight excluding hydrogens is 841 g/mol. The first-order chi connectivity index (χ1) is 30.9. The summed E-state index contributed by atoms with van der Waals surface area (Å²) in [6.45, 7) is 18.1. The zero-order chi connectivity index (χ0) is 45.7. The van der Waals surface area contributed by atoms with E-state index in [0.717, 1.165) is 99.7 Å². The van der Waals surface area contributed by atoms with Crippen molar-refractivity contribution in [3.63, 3.8) is 0 Å². The van der Waals surface area contributed by atoms with Crippen molar-refractivity contribution >= 4 is 84.5 Å². The third-order valence-electron chi connectivity index (χ3n) is 9.30. The Kier molecular flexibility index (Phi) is 20.5. The Bertz CT molecular complexity index is 2480. The molecule has 0 amide bonds. The molecule has 0 spiro atoms. The zero-order valence-corrected chi connectivity index (χ0v) is 40.4. The number of aromatic amines is 3. The Morgan fingerprint density at radius 1 is 0.508 bits per heavy atom. The topological polar surface area (TPSA) is 137 Å². The lowest BCUT2D eigenvalue weighted by molar-refractivity contribution is 0.0975. The van der Waals surface area contributed by atoms with Gasteiger partial charge in [0, 0.05) is 110 Å². The van der Waals surface area contributed by atoms with Gasteiger partial charge in [0.25, 0.3) is 0 Å². The summed E-state index contributed by atoms with van der Waals surface area (Å²) >= 11 is 4.68. The summed E-state index contributed by atoms with van der Waals surface area (Å²) in [5.41, 5.74) is 7.88. The van der Waals surface area contributed by atoms with Crippen LogP contribution in [0.4, 0.5) is 0 Å². The largest absolute Gasteiger partial charge is 0.346 e. The van der Waals surface area contributed by atoms with Crippen molar-refractivity contribution in [1.29, 1.82) is 0 Å². The number of hydrogen-bond donors (Lipinski definition) is 3. The van der Waals surface area contributed by atoms with Gasteiger partial charge in [-0.15, -0.1) is 34.0 Å². The smallest absolute Gasteiger partial charge is 0.172 e. The number of ketones is 3.